The van der Waals surface area contributed by atoms with Crippen molar-refractivity contribution in [1.29, 1.82) is 0 Å². The highest BCUT2D eigenvalue weighted by atomic mass is 16.5. The van der Waals surface area contributed by atoms with Crippen LogP contribution in [0.5, 0.6) is 0 Å². The van der Waals surface area contributed by atoms with Crippen molar-refractivity contribution in [1.82, 2.24) is 15.4 Å². The number of hydrogen-bond acceptors (Lipinski definition) is 3. The van der Waals surface area contributed by atoms with Crippen molar-refractivity contribution in [2.45, 2.75) is 45.6 Å². The van der Waals surface area contributed by atoms with Gasteiger partial charge in [-0.1, -0.05) is 68.7 Å². The number of fused-ring (bicyclic) bond motifs is 1. The summed E-state index contributed by atoms with van der Waals surface area (Å²) in [5.74, 6) is -0.528. The summed E-state index contributed by atoms with van der Waals surface area (Å²) in [7, 11) is 0. The minimum absolute atomic E-state index is 0.528. The van der Waals surface area contributed by atoms with Crippen LogP contribution in [0.25, 0.3) is 17.0 Å². The minimum atomic E-state index is -0.528. The molecule has 0 saturated carbocycles. The maximum Gasteiger partial charge on any atom is 0.267 e. The fourth-order valence-electron chi connectivity index (χ4n) is 3.85. The summed E-state index contributed by atoms with van der Waals surface area (Å²) >= 11 is 0. The van der Waals surface area contributed by atoms with Crippen molar-refractivity contribution in [2.24, 2.45) is 0 Å². The summed E-state index contributed by atoms with van der Waals surface area (Å²) in [4.78, 5) is 17.1. The highest BCUT2D eigenvalue weighted by Crippen LogP contribution is 2.19. The summed E-state index contributed by atoms with van der Waals surface area (Å²) in [6.07, 6.45) is 11.2. The second-order valence-corrected chi connectivity index (χ2v) is 8.00. The molecule has 31 heavy (non-hydrogen) atoms. The predicted octanol–water partition coefficient (Wildman–Crippen LogP) is 5.31. The van der Waals surface area contributed by atoms with Crippen molar-refractivity contribution in [3.63, 3.8) is 0 Å². The molecule has 1 heterocycles. The molecule has 3 N–H and O–H groups in total. The van der Waals surface area contributed by atoms with Gasteiger partial charge in [0.2, 0.25) is 0 Å². The molecule has 0 aliphatic carbocycles. The predicted molar refractivity (Wildman–Crippen MR) is 127 cm³/mol. The zero-order valence-electron chi connectivity index (χ0n) is 18.3. The Balaban J connectivity index is 1.62. The number of carbonyl (C=O) groups excluding carboxylic acids is 1. The van der Waals surface area contributed by atoms with E-state index in [-0.39, 0.29) is 0 Å². The van der Waals surface area contributed by atoms with Gasteiger partial charge in [0.1, 0.15) is 0 Å². The van der Waals surface area contributed by atoms with Crippen LogP contribution in [0.1, 0.15) is 49.3 Å². The van der Waals surface area contributed by atoms with E-state index in [1.54, 1.807) is 11.6 Å². The van der Waals surface area contributed by atoms with Gasteiger partial charge in [-0.15, -0.1) is 0 Å². The molecule has 2 aromatic carbocycles. The van der Waals surface area contributed by atoms with E-state index in [1.807, 2.05) is 12.1 Å². The van der Waals surface area contributed by atoms with Crippen LogP contribution in [0.4, 0.5) is 0 Å². The standard InChI is InChI=1S/C26H33N3O2/c1-2-3-4-7-17-29(18-16-23-19-27-25-9-6-5-8-24(23)25)20-22-12-10-21(11-13-22)14-15-26(30)28-31/h5-6,8-15,19,27,31H,2-4,7,16-18,20H2,1H3,(H,28,30)/b15-14+. The smallest absolute Gasteiger partial charge is 0.267 e. The van der Waals surface area contributed by atoms with Gasteiger partial charge in [-0.2, -0.15) is 0 Å². The number of nitrogens with one attached hydrogen (secondary N) is 2. The van der Waals surface area contributed by atoms with E-state index in [0.717, 1.165) is 31.6 Å². The molecule has 0 aliphatic rings. The zero-order valence-corrected chi connectivity index (χ0v) is 18.3. The Morgan fingerprint density at radius 1 is 1.06 bits per heavy atom. The SMILES string of the molecule is CCCCCCN(CCc1c[nH]c2ccccc12)Cc1ccc(/C=C/C(=O)NO)cc1. The fourth-order valence-corrected chi connectivity index (χ4v) is 3.85. The summed E-state index contributed by atoms with van der Waals surface area (Å²) in [5, 5.41) is 9.90. The van der Waals surface area contributed by atoms with E-state index in [4.69, 9.17) is 5.21 Å². The van der Waals surface area contributed by atoms with E-state index in [9.17, 15) is 4.79 Å². The molecule has 0 bridgehead atoms. The van der Waals surface area contributed by atoms with Crippen molar-refractivity contribution < 1.29 is 10.0 Å². The van der Waals surface area contributed by atoms with E-state index >= 15 is 0 Å². The molecular formula is C26H33N3O2. The molecule has 1 aromatic heterocycles. The third kappa shape index (κ3) is 7.09. The number of H-pyrrole nitrogens is 1. The van der Waals surface area contributed by atoms with Gasteiger partial charge in [0.25, 0.3) is 5.91 Å². The maximum atomic E-state index is 11.1. The Bertz CT molecular complexity index is 976. The van der Waals surface area contributed by atoms with Crippen LogP contribution in [0, 0.1) is 0 Å². The summed E-state index contributed by atoms with van der Waals surface area (Å²) in [6, 6.07) is 16.7. The number of nitrogens with zero attached hydrogens (tertiary/aromatic N) is 1. The lowest BCUT2D eigenvalue weighted by Gasteiger charge is -2.22. The third-order valence-corrected chi connectivity index (χ3v) is 5.62. The summed E-state index contributed by atoms with van der Waals surface area (Å²) in [6.45, 7) is 5.28. The minimum Gasteiger partial charge on any atom is -0.361 e. The van der Waals surface area contributed by atoms with Gasteiger partial charge < -0.3 is 4.98 Å². The number of amides is 1. The quantitative estimate of drug-likeness (QED) is 0.161. The first-order chi connectivity index (χ1) is 15.2. The summed E-state index contributed by atoms with van der Waals surface area (Å²) < 4.78 is 0. The molecule has 0 fully saturated rings. The van der Waals surface area contributed by atoms with Crippen molar-refractivity contribution in [3.8, 4) is 0 Å². The normalized spacial score (nSPS) is 11.6. The molecular weight excluding hydrogens is 386 g/mol. The van der Waals surface area contributed by atoms with Crippen molar-refractivity contribution in [2.75, 3.05) is 13.1 Å². The number of unbranched alkanes of at least 4 members (excludes halogenated alkanes) is 3. The fraction of sp³-hybridized carbons (Fsp3) is 0.346. The van der Waals surface area contributed by atoms with Crippen LogP contribution in [-0.4, -0.2) is 34.1 Å². The highest BCUT2D eigenvalue weighted by Gasteiger charge is 2.09. The molecule has 164 valence electrons. The topological polar surface area (TPSA) is 68.4 Å². The van der Waals surface area contributed by atoms with Crippen LogP contribution in [-0.2, 0) is 17.8 Å². The van der Waals surface area contributed by atoms with Crippen LogP contribution < -0.4 is 5.48 Å². The molecule has 3 aromatic rings. The Hall–Kier alpha value is -2.89. The van der Waals surface area contributed by atoms with E-state index in [2.05, 4.69) is 59.4 Å². The zero-order chi connectivity index (χ0) is 21.9. The lowest BCUT2D eigenvalue weighted by Crippen LogP contribution is -2.27. The van der Waals surface area contributed by atoms with Gasteiger partial charge >= 0.3 is 0 Å². The summed E-state index contributed by atoms with van der Waals surface area (Å²) in [5.41, 5.74) is 6.37. The van der Waals surface area contributed by atoms with Crippen molar-refractivity contribution >= 4 is 22.9 Å². The Kier molecular flexibility index (Phi) is 8.88. The molecule has 0 aliphatic heterocycles. The number of hydrogen-bond donors (Lipinski definition) is 3. The Morgan fingerprint density at radius 2 is 1.87 bits per heavy atom. The number of benzene rings is 2. The lowest BCUT2D eigenvalue weighted by atomic mass is 10.1. The average Bonchev–Trinajstić information content (AvgIpc) is 3.22. The number of aromatic nitrogens is 1. The van der Waals surface area contributed by atoms with Gasteiger partial charge in [-0.3, -0.25) is 14.9 Å². The number of carbonyl (C=O) groups is 1. The van der Waals surface area contributed by atoms with Gasteiger partial charge in [0, 0.05) is 36.3 Å². The van der Waals surface area contributed by atoms with E-state index < -0.39 is 5.91 Å². The number of rotatable bonds is 12. The molecule has 0 spiro atoms. The van der Waals surface area contributed by atoms with Crippen LogP contribution in [0.15, 0.2) is 60.8 Å². The first-order valence-electron chi connectivity index (χ1n) is 11.2. The Morgan fingerprint density at radius 3 is 2.65 bits per heavy atom. The van der Waals surface area contributed by atoms with Gasteiger partial charge in [-0.05, 0) is 48.2 Å². The van der Waals surface area contributed by atoms with Crippen LogP contribution >= 0.6 is 0 Å². The first-order valence-corrected chi connectivity index (χ1v) is 11.2. The van der Waals surface area contributed by atoms with Gasteiger partial charge in [0.15, 0.2) is 0 Å². The average molecular weight is 420 g/mol. The van der Waals surface area contributed by atoms with E-state index in [0.29, 0.717) is 0 Å². The molecule has 0 saturated heterocycles. The Labute approximate surface area is 184 Å². The van der Waals surface area contributed by atoms with Crippen molar-refractivity contribution in [3.05, 3.63) is 77.5 Å². The van der Waals surface area contributed by atoms with Gasteiger partial charge in [0.05, 0.1) is 0 Å². The first kappa shape index (κ1) is 22.8. The molecule has 5 heteroatoms. The van der Waals surface area contributed by atoms with E-state index in [1.165, 1.54) is 53.8 Å². The number of aromatic amines is 1. The highest BCUT2D eigenvalue weighted by molar-refractivity contribution is 5.90. The number of para-hydroxylation sites is 1. The number of hydroxylamine groups is 1. The van der Waals surface area contributed by atoms with Crippen LogP contribution in [0.2, 0.25) is 0 Å². The molecule has 3 rings (SSSR count). The molecule has 0 unspecified atom stereocenters. The second-order valence-electron chi connectivity index (χ2n) is 8.00. The molecule has 0 radical (unpaired) electrons. The molecule has 5 nitrogen and oxygen atoms in total. The monoisotopic (exact) mass is 419 g/mol. The van der Waals surface area contributed by atoms with Crippen LogP contribution in [0.3, 0.4) is 0 Å². The largest absolute Gasteiger partial charge is 0.361 e. The second kappa shape index (κ2) is 12.1. The molecule has 0 atom stereocenters. The molecule has 1 amide bonds. The lowest BCUT2D eigenvalue weighted by molar-refractivity contribution is -0.124. The maximum absolute atomic E-state index is 11.1. The van der Waals surface area contributed by atoms with Gasteiger partial charge in [-0.25, -0.2) is 5.48 Å². The third-order valence-electron chi connectivity index (χ3n) is 5.62.